The molecule has 0 aromatic heterocycles. The molecule has 3 heterocycles. The van der Waals surface area contributed by atoms with E-state index in [0.29, 0.717) is 5.92 Å². The highest BCUT2D eigenvalue weighted by molar-refractivity contribution is 5.77. The van der Waals surface area contributed by atoms with E-state index in [0.717, 1.165) is 63.6 Å². The van der Waals surface area contributed by atoms with Crippen LogP contribution in [0.3, 0.4) is 0 Å². The Morgan fingerprint density at radius 2 is 1.60 bits per heavy atom. The minimum atomic E-state index is -0.211. The number of halogens is 1. The molecule has 0 bridgehead atoms. The molecule has 3 aliphatic rings. The molecule has 1 saturated heterocycles. The van der Waals surface area contributed by atoms with Gasteiger partial charge in [0.15, 0.2) is 0 Å². The van der Waals surface area contributed by atoms with Gasteiger partial charge in [0.1, 0.15) is 11.9 Å². The molecule has 0 N–H and O–H groups in total. The van der Waals surface area contributed by atoms with E-state index in [1.807, 2.05) is 12.1 Å². The lowest BCUT2D eigenvalue weighted by Crippen LogP contribution is -2.43. The first-order valence-corrected chi connectivity index (χ1v) is 12.8. The molecule has 1 fully saturated rings. The van der Waals surface area contributed by atoms with Crippen LogP contribution in [0.1, 0.15) is 41.1 Å². The minimum Gasteiger partial charge on any atom is -0.460 e. The summed E-state index contributed by atoms with van der Waals surface area (Å²) < 4.78 is 20.3. The van der Waals surface area contributed by atoms with E-state index in [1.165, 1.54) is 16.7 Å². The standard InChI is InChI=1S/C30H32FN3O/c31-26-12-10-25(11-13-26)29-27-9-5-4-8-23(27)16-19-34(29)30-32-20-28(35-30)24-14-17-33(18-15-24)21-22-6-2-1-3-7-22/h1-13,24,28-29H,14-21H2/t28?,29-/m0/s1. The average Bonchev–Trinajstić information content (AvgIpc) is 3.40. The molecule has 0 radical (unpaired) electrons. The van der Waals surface area contributed by atoms with Crippen LogP contribution >= 0.6 is 0 Å². The fourth-order valence-corrected chi connectivity index (χ4v) is 5.88. The Labute approximate surface area is 207 Å². The van der Waals surface area contributed by atoms with Crippen LogP contribution in [-0.4, -0.2) is 48.1 Å². The number of likely N-dealkylation sites (tertiary alicyclic amines) is 1. The molecular formula is C30H32FN3O. The Hall–Kier alpha value is -3.18. The maximum absolute atomic E-state index is 13.7. The van der Waals surface area contributed by atoms with Crippen molar-refractivity contribution in [2.75, 3.05) is 26.2 Å². The Kier molecular flexibility index (Phi) is 6.26. The average molecular weight is 470 g/mol. The Bertz CT molecular complexity index is 1170. The SMILES string of the molecule is Fc1ccc([C@H]2c3ccccc3CCN2C2=NCC(C3CCN(Cc4ccccc4)CC3)O2)cc1. The summed E-state index contributed by atoms with van der Waals surface area (Å²) in [5, 5.41) is 0. The Morgan fingerprint density at radius 3 is 2.40 bits per heavy atom. The fraction of sp³-hybridized carbons (Fsp3) is 0.367. The second-order valence-corrected chi connectivity index (χ2v) is 9.98. The van der Waals surface area contributed by atoms with Crippen LogP contribution < -0.4 is 0 Å². The molecule has 0 spiro atoms. The summed E-state index contributed by atoms with van der Waals surface area (Å²) in [6.07, 6.45) is 3.39. The summed E-state index contributed by atoms with van der Waals surface area (Å²) >= 11 is 0. The number of amidine groups is 1. The van der Waals surface area contributed by atoms with Gasteiger partial charge in [-0.2, -0.15) is 0 Å². The molecule has 0 saturated carbocycles. The molecule has 3 aromatic carbocycles. The van der Waals surface area contributed by atoms with Gasteiger partial charge in [-0.3, -0.25) is 4.90 Å². The van der Waals surface area contributed by atoms with Crippen LogP contribution in [0.5, 0.6) is 0 Å². The van der Waals surface area contributed by atoms with Crippen LogP contribution in [-0.2, 0) is 17.7 Å². The van der Waals surface area contributed by atoms with E-state index in [-0.39, 0.29) is 18.0 Å². The number of ether oxygens (including phenoxy) is 1. The largest absolute Gasteiger partial charge is 0.460 e. The van der Waals surface area contributed by atoms with Crippen LogP contribution in [0.25, 0.3) is 0 Å². The summed E-state index contributed by atoms with van der Waals surface area (Å²) in [6, 6.07) is 26.9. The lowest BCUT2D eigenvalue weighted by atomic mass is 9.88. The van der Waals surface area contributed by atoms with E-state index < -0.39 is 0 Å². The van der Waals surface area contributed by atoms with E-state index in [2.05, 4.69) is 64.4 Å². The fourth-order valence-electron chi connectivity index (χ4n) is 5.88. The lowest BCUT2D eigenvalue weighted by molar-refractivity contribution is 0.0702. The summed E-state index contributed by atoms with van der Waals surface area (Å²) in [4.78, 5) is 9.74. The van der Waals surface area contributed by atoms with Gasteiger partial charge in [0.05, 0.1) is 12.6 Å². The van der Waals surface area contributed by atoms with Crippen molar-refractivity contribution in [3.8, 4) is 0 Å². The molecule has 180 valence electrons. The smallest absolute Gasteiger partial charge is 0.288 e. The van der Waals surface area contributed by atoms with E-state index in [4.69, 9.17) is 9.73 Å². The topological polar surface area (TPSA) is 28.1 Å². The molecule has 35 heavy (non-hydrogen) atoms. The van der Waals surface area contributed by atoms with Crippen molar-refractivity contribution in [2.45, 2.75) is 38.0 Å². The minimum absolute atomic E-state index is 0.00855. The number of nitrogens with zero attached hydrogens (tertiary/aromatic N) is 3. The third-order valence-corrected chi connectivity index (χ3v) is 7.79. The van der Waals surface area contributed by atoms with Gasteiger partial charge in [-0.05, 0) is 66.7 Å². The van der Waals surface area contributed by atoms with Crippen molar-refractivity contribution in [3.05, 3.63) is 107 Å². The van der Waals surface area contributed by atoms with E-state index in [9.17, 15) is 4.39 Å². The highest BCUT2D eigenvalue weighted by Crippen LogP contribution is 2.37. The van der Waals surface area contributed by atoms with Crippen molar-refractivity contribution >= 4 is 6.02 Å². The first-order valence-electron chi connectivity index (χ1n) is 12.8. The van der Waals surface area contributed by atoms with Gasteiger partial charge in [0.2, 0.25) is 0 Å². The van der Waals surface area contributed by atoms with Crippen molar-refractivity contribution in [1.82, 2.24) is 9.80 Å². The maximum atomic E-state index is 13.7. The van der Waals surface area contributed by atoms with Gasteiger partial charge in [0.25, 0.3) is 6.02 Å². The van der Waals surface area contributed by atoms with Gasteiger partial charge in [-0.15, -0.1) is 0 Å². The van der Waals surface area contributed by atoms with Crippen molar-refractivity contribution in [3.63, 3.8) is 0 Å². The molecule has 5 heteroatoms. The van der Waals surface area contributed by atoms with Gasteiger partial charge in [0, 0.05) is 19.0 Å². The van der Waals surface area contributed by atoms with E-state index >= 15 is 0 Å². The monoisotopic (exact) mass is 469 g/mol. The summed E-state index contributed by atoms with van der Waals surface area (Å²) in [6.45, 7) is 4.80. The third-order valence-electron chi connectivity index (χ3n) is 7.79. The lowest BCUT2D eigenvalue weighted by Gasteiger charge is -2.39. The van der Waals surface area contributed by atoms with Crippen molar-refractivity contribution < 1.29 is 9.13 Å². The molecule has 3 aromatic rings. The maximum Gasteiger partial charge on any atom is 0.288 e. The zero-order valence-corrected chi connectivity index (χ0v) is 20.0. The number of fused-ring (bicyclic) bond motifs is 1. The second kappa shape index (κ2) is 9.82. The molecule has 0 aliphatic carbocycles. The van der Waals surface area contributed by atoms with Gasteiger partial charge in [-0.25, -0.2) is 9.38 Å². The molecule has 2 atom stereocenters. The normalized spacial score (nSPS) is 23.0. The van der Waals surface area contributed by atoms with Crippen molar-refractivity contribution in [2.24, 2.45) is 10.9 Å². The molecular weight excluding hydrogens is 437 g/mol. The number of hydrogen-bond donors (Lipinski definition) is 0. The van der Waals surface area contributed by atoms with Gasteiger partial charge >= 0.3 is 0 Å². The summed E-state index contributed by atoms with van der Waals surface area (Å²) in [5.41, 5.74) is 5.06. The van der Waals surface area contributed by atoms with Crippen LogP contribution in [0.2, 0.25) is 0 Å². The predicted molar refractivity (Wildman–Crippen MR) is 137 cm³/mol. The van der Waals surface area contributed by atoms with Crippen LogP contribution in [0, 0.1) is 11.7 Å². The highest BCUT2D eigenvalue weighted by Gasteiger charge is 2.38. The first-order chi connectivity index (χ1) is 17.2. The second-order valence-electron chi connectivity index (χ2n) is 9.98. The van der Waals surface area contributed by atoms with E-state index in [1.54, 1.807) is 12.1 Å². The molecule has 6 rings (SSSR count). The Morgan fingerprint density at radius 1 is 0.857 bits per heavy atom. The number of hydrogen-bond acceptors (Lipinski definition) is 4. The van der Waals surface area contributed by atoms with Crippen LogP contribution in [0.4, 0.5) is 4.39 Å². The highest BCUT2D eigenvalue weighted by atomic mass is 19.1. The third kappa shape index (κ3) is 4.70. The summed E-state index contributed by atoms with van der Waals surface area (Å²) in [7, 11) is 0. The number of aliphatic imine (C=N–C) groups is 1. The quantitative estimate of drug-likeness (QED) is 0.509. The zero-order chi connectivity index (χ0) is 23.6. The number of benzene rings is 3. The molecule has 0 amide bonds. The molecule has 1 unspecified atom stereocenters. The predicted octanol–water partition coefficient (Wildman–Crippen LogP) is 5.44. The number of rotatable bonds is 4. The van der Waals surface area contributed by atoms with Crippen molar-refractivity contribution in [1.29, 1.82) is 0 Å². The van der Waals surface area contributed by atoms with Gasteiger partial charge < -0.3 is 9.64 Å². The van der Waals surface area contributed by atoms with Crippen LogP contribution in [0.15, 0.2) is 83.9 Å². The summed E-state index contributed by atoms with van der Waals surface area (Å²) in [5.74, 6) is 0.321. The van der Waals surface area contributed by atoms with Gasteiger partial charge in [-0.1, -0.05) is 66.7 Å². The Balaban J connectivity index is 1.13. The molecule has 3 aliphatic heterocycles. The zero-order valence-electron chi connectivity index (χ0n) is 20.0. The number of piperidine rings is 1. The first kappa shape index (κ1) is 22.3. The molecule has 4 nitrogen and oxygen atoms in total.